The smallest absolute Gasteiger partial charge is 0.265 e. The van der Waals surface area contributed by atoms with Gasteiger partial charge in [0.1, 0.15) is 6.04 Å². The second-order valence-electron chi connectivity index (χ2n) is 8.03. The third-order valence-corrected chi connectivity index (χ3v) is 7.59. The minimum Gasteiger partial charge on any atom is -0.368 e. The standard InChI is InChI=1S/C22H24ClN3O3S/c1-12-10-18(25-21(28)14-7-3-4-8-15(14)23)30-19(12)22(29)26-16-9-5-2-6-13(16)11-17(26)20(24)27/h3-4,7-8,10,13,16-17H,2,5-6,9,11H2,1H3,(H2,24,27)(H,25,28)/t13-,16-,17-/m0/s1. The largest absolute Gasteiger partial charge is 0.368 e. The van der Waals surface area contributed by atoms with Gasteiger partial charge in [0.2, 0.25) is 5.91 Å². The van der Waals surface area contributed by atoms with Gasteiger partial charge >= 0.3 is 0 Å². The first-order valence-corrected chi connectivity index (χ1v) is 11.3. The molecule has 0 spiro atoms. The fourth-order valence-electron chi connectivity index (χ4n) is 4.70. The molecule has 1 saturated heterocycles. The van der Waals surface area contributed by atoms with Crippen LogP contribution in [0.25, 0.3) is 0 Å². The normalized spacial score (nSPS) is 23.1. The molecule has 6 nitrogen and oxygen atoms in total. The van der Waals surface area contributed by atoms with Crippen LogP contribution in [0.15, 0.2) is 30.3 Å². The summed E-state index contributed by atoms with van der Waals surface area (Å²) in [5, 5.41) is 3.76. The van der Waals surface area contributed by atoms with E-state index in [0.717, 1.165) is 31.2 Å². The second-order valence-corrected chi connectivity index (χ2v) is 9.49. The number of primary amides is 1. The highest BCUT2D eigenvalue weighted by Gasteiger charge is 2.47. The zero-order valence-corrected chi connectivity index (χ0v) is 18.3. The fraction of sp³-hybridized carbons (Fsp3) is 0.409. The quantitative estimate of drug-likeness (QED) is 0.737. The summed E-state index contributed by atoms with van der Waals surface area (Å²) in [4.78, 5) is 40.3. The number of likely N-dealkylation sites (tertiary alicyclic amines) is 1. The highest BCUT2D eigenvalue weighted by Crippen LogP contribution is 2.41. The average molecular weight is 446 g/mol. The number of nitrogens with one attached hydrogen (secondary N) is 1. The molecule has 2 aromatic rings. The molecule has 0 bridgehead atoms. The number of rotatable bonds is 4. The molecule has 0 radical (unpaired) electrons. The van der Waals surface area contributed by atoms with E-state index in [-0.39, 0.29) is 17.9 Å². The summed E-state index contributed by atoms with van der Waals surface area (Å²) < 4.78 is 0. The molecular formula is C22H24ClN3O3S. The van der Waals surface area contributed by atoms with Crippen molar-refractivity contribution in [3.63, 3.8) is 0 Å². The van der Waals surface area contributed by atoms with Crippen molar-refractivity contribution < 1.29 is 14.4 Å². The molecule has 4 rings (SSSR count). The van der Waals surface area contributed by atoms with E-state index in [2.05, 4.69) is 5.32 Å². The predicted molar refractivity (Wildman–Crippen MR) is 118 cm³/mol. The minimum absolute atomic E-state index is 0.0615. The number of carbonyl (C=O) groups is 3. The molecule has 3 atom stereocenters. The number of thiophene rings is 1. The first kappa shape index (κ1) is 20.9. The number of anilines is 1. The number of hydrogen-bond acceptors (Lipinski definition) is 4. The maximum absolute atomic E-state index is 13.5. The second kappa shape index (κ2) is 8.40. The number of nitrogens with zero attached hydrogens (tertiary/aromatic N) is 1. The van der Waals surface area contributed by atoms with Gasteiger partial charge < -0.3 is 16.0 Å². The first-order chi connectivity index (χ1) is 14.4. The van der Waals surface area contributed by atoms with Crippen LogP contribution in [-0.2, 0) is 4.79 Å². The predicted octanol–water partition coefficient (Wildman–Crippen LogP) is 4.22. The molecule has 2 aliphatic rings. The Bertz CT molecular complexity index is 1010. The van der Waals surface area contributed by atoms with Crippen LogP contribution in [-0.4, -0.2) is 34.7 Å². The van der Waals surface area contributed by atoms with E-state index in [0.29, 0.717) is 32.8 Å². The highest BCUT2D eigenvalue weighted by molar-refractivity contribution is 7.18. The van der Waals surface area contributed by atoms with Crippen molar-refractivity contribution in [1.82, 2.24) is 4.90 Å². The van der Waals surface area contributed by atoms with Gasteiger partial charge in [-0.25, -0.2) is 0 Å². The summed E-state index contributed by atoms with van der Waals surface area (Å²) in [6.07, 6.45) is 4.76. The van der Waals surface area contributed by atoms with Gasteiger partial charge in [-0.05, 0) is 55.9 Å². The van der Waals surface area contributed by atoms with Crippen LogP contribution in [0.1, 0.15) is 57.7 Å². The van der Waals surface area contributed by atoms with Gasteiger partial charge in [-0.2, -0.15) is 0 Å². The van der Waals surface area contributed by atoms with Crippen molar-refractivity contribution in [2.75, 3.05) is 5.32 Å². The molecule has 0 unspecified atom stereocenters. The summed E-state index contributed by atoms with van der Waals surface area (Å²) in [6.45, 7) is 1.84. The van der Waals surface area contributed by atoms with Gasteiger partial charge in [0, 0.05) is 6.04 Å². The zero-order chi connectivity index (χ0) is 21.4. The molecule has 158 valence electrons. The van der Waals surface area contributed by atoms with Crippen LogP contribution < -0.4 is 11.1 Å². The Labute approximate surface area is 184 Å². The Morgan fingerprint density at radius 1 is 1.20 bits per heavy atom. The molecule has 8 heteroatoms. The third kappa shape index (κ3) is 3.84. The minimum atomic E-state index is -0.562. The molecule has 1 aliphatic carbocycles. The Morgan fingerprint density at radius 3 is 2.67 bits per heavy atom. The van der Waals surface area contributed by atoms with Crippen LogP contribution in [0.3, 0.4) is 0 Å². The molecule has 3 N–H and O–H groups in total. The Morgan fingerprint density at radius 2 is 1.93 bits per heavy atom. The van der Waals surface area contributed by atoms with Crippen molar-refractivity contribution in [3.8, 4) is 0 Å². The molecule has 1 aliphatic heterocycles. The van der Waals surface area contributed by atoms with Gasteiger partial charge in [0.15, 0.2) is 0 Å². The van der Waals surface area contributed by atoms with Gasteiger partial charge in [0.25, 0.3) is 11.8 Å². The lowest BCUT2D eigenvalue weighted by atomic mass is 9.84. The van der Waals surface area contributed by atoms with Gasteiger partial charge in [-0.15, -0.1) is 11.3 Å². The van der Waals surface area contributed by atoms with E-state index in [1.807, 2.05) is 6.92 Å². The molecule has 1 aromatic carbocycles. The van der Waals surface area contributed by atoms with E-state index < -0.39 is 11.9 Å². The number of aryl methyl sites for hydroxylation is 1. The van der Waals surface area contributed by atoms with Crippen LogP contribution >= 0.6 is 22.9 Å². The van der Waals surface area contributed by atoms with E-state index in [1.165, 1.54) is 11.3 Å². The zero-order valence-electron chi connectivity index (χ0n) is 16.7. The summed E-state index contributed by atoms with van der Waals surface area (Å²) in [5.41, 5.74) is 6.78. The van der Waals surface area contributed by atoms with E-state index in [9.17, 15) is 14.4 Å². The Balaban J connectivity index is 1.57. The first-order valence-electron chi connectivity index (χ1n) is 10.1. The molecule has 1 saturated carbocycles. The number of benzene rings is 1. The summed E-state index contributed by atoms with van der Waals surface area (Å²) >= 11 is 7.33. The summed E-state index contributed by atoms with van der Waals surface area (Å²) in [7, 11) is 0. The molecule has 3 amide bonds. The van der Waals surface area contributed by atoms with Crippen molar-refractivity contribution in [2.45, 2.75) is 51.1 Å². The van der Waals surface area contributed by atoms with Crippen molar-refractivity contribution in [3.05, 3.63) is 51.4 Å². The van der Waals surface area contributed by atoms with Crippen LogP contribution in [0.4, 0.5) is 5.00 Å². The molecule has 30 heavy (non-hydrogen) atoms. The van der Waals surface area contributed by atoms with Crippen molar-refractivity contribution >= 4 is 45.7 Å². The average Bonchev–Trinajstić information content (AvgIpc) is 3.28. The lowest BCUT2D eigenvalue weighted by Crippen LogP contribution is -2.48. The van der Waals surface area contributed by atoms with Gasteiger partial charge in [-0.1, -0.05) is 36.6 Å². The van der Waals surface area contributed by atoms with Crippen LogP contribution in [0, 0.1) is 12.8 Å². The number of nitrogens with two attached hydrogens (primary N) is 1. The van der Waals surface area contributed by atoms with Crippen molar-refractivity contribution in [2.24, 2.45) is 11.7 Å². The lowest BCUT2D eigenvalue weighted by Gasteiger charge is -2.33. The molecular weight excluding hydrogens is 422 g/mol. The number of hydrogen-bond donors (Lipinski definition) is 2. The number of amides is 3. The topological polar surface area (TPSA) is 92.5 Å². The third-order valence-electron chi connectivity index (χ3n) is 6.12. The van der Waals surface area contributed by atoms with E-state index in [4.69, 9.17) is 17.3 Å². The number of carbonyl (C=O) groups excluding carboxylic acids is 3. The molecule has 2 heterocycles. The summed E-state index contributed by atoms with van der Waals surface area (Å²) in [5.74, 6) is -0.614. The van der Waals surface area contributed by atoms with Crippen LogP contribution in [0.5, 0.6) is 0 Å². The Hall–Kier alpha value is -2.38. The van der Waals surface area contributed by atoms with Gasteiger partial charge in [0.05, 0.1) is 20.5 Å². The maximum Gasteiger partial charge on any atom is 0.265 e. The monoisotopic (exact) mass is 445 g/mol. The number of halogens is 1. The molecule has 2 fully saturated rings. The summed E-state index contributed by atoms with van der Waals surface area (Å²) in [6, 6.07) is 8.08. The highest BCUT2D eigenvalue weighted by atomic mass is 35.5. The molecule has 1 aromatic heterocycles. The van der Waals surface area contributed by atoms with Crippen molar-refractivity contribution in [1.29, 1.82) is 0 Å². The van der Waals surface area contributed by atoms with Crippen LogP contribution in [0.2, 0.25) is 5.02 Å². The van der Waals surface area contributed by atoms with Gasteiger partial charge in [-0.3, -0.25) is 14.4 Å². The Kier molecular flexibility index (Phi) is 5.84. The number of fused-ring (bicyclic) bond motifs is 1. The lowest BCUT2D eigenvalue weighted by molar-refractivity contribution is -0.122. The van der Waals surface area contributed by atoms with E-state index in [1.54, 1.807) is 35.2 Å². The SMILES string of the molecule is Cc1cc(NC(=O)c2ccccc2Cl)sc1C(=O)N1[C@H](C(N)=O)C[C@@H]2CCCC[C@@H]21. The fourth-order valence-corrected chi connectivity index (χ4v) is 5.94. The van der Waals surface area contributed by atoms with E-state index >= 15 is 0 Å². The maximum atomic E-state index is 13.5.